The predicted octanol–water partition coefficient (Wildman–Crippen LogP) is 5.45. The van der Waals surface area contributed by atoms with Gasteiger partial charge in [-0.15, -0.1) is 0 Å². The number of benzene rings is 3. The molecule has 59 heavy (non-hydrogen) atoms. The second kappa shape index (κ2) is 15.7. The lowest BCUT2D eigenvalue weighted by Crippen LogP contribution is -2.54. The molecule has 0 radical (unpaired) electrons. The summed E-state index contributed by atoms with van der Waals surface area (Å²) >= 11 is 6.38. The average Bonchev–Trinajstić information content (AvgIpc) is 3.58. The van der Waals surface area contributed by atoms with Crippen molar-refractivity contribution in [3.8, 4) is 6.07 Å². The maximum absolute atomic E-state index is 13.6. The molecule has 6 heterocycles. The van der Waals surface area contributed by atoms with Crippen LogP contribution in [0.15, 0.2) is 54.6 Å². The summed E-state index contributed by atoms with van der Waals surface area (Å²) in [5, 5.41) is 12.1. The molecule has 1 unspecified atom stereocenters. The molecule has 9 rings (SSSR count). The third kappa shape index (κ3) is 7.48. The lowest BCUT2D eigenvalue weighted by molar-refractivity contribution is -0.136. The molecule has 0 saturated carbocycles. The summed E-state index contributed by atoms with van der Waals surface area (Å²) < 4.78 is 0. The molecule has 6 aliphatic heterocycles. The second-order valence-electron chi connectivity index (χ2n) is 17.6. The van der Waals surface area contributed by atoms with Crippen LogP contribution in [-0.2, 0) is 22.4 Å². The summed E-state index contributed by atoms with van der Waals surface area (Å²) in [6.07, 6.45) is 7.02. The van der Waals surface area contributed by atoms with Crippen molar-refractivity contribution in [2.75, 3.05) is 62.2 Å². The molecular formula is C46H50ClN7O5. The van der Waals surface area contributed by atoms with E-state index in [1.165, 1.54) is 0 Å². The molecule has 3 aromatic rings. The zero-order chi connectivity index (χ0) is 41.0. The van der Waals surface area contributed by atoms with E-state index in [1.54, 1.807) is 0 Å². The standard InChI is InChI=1S/C46H50ClN7O5/c1-29-25-46(28-53(29)36-7-4-34(26-48)39(47)24-36)14-20-51(21-15-46)35-5-2-31(3-6-35)43(57)52-18-10-30(11-19-52)27-50-16-12-32-22-37-38(23-33(32)13-17-50)45(59)54(44(37)58)40-8-9-41(55)49-42(40)56/h2-7,22-24,29-30,40H,8-21,25,27-28H2,1H3,(H,49,55,56)/t29-,40?/m0/s1. The maximum Gasteiger partial charge on any atom is 0.262 e. The van der Waals surface area contributed by atoms with E-state index in [0.717, 1.165) is 130 Å². The van der Waals surface area contributed by atoms with Crippen molar-refractivity contribution in [2.24, 2.45) is 11.3 Å². The summed E-state index contributed by atoms with van der Waals surface area (Å²) in [7, 11) is 0. The first-order valence-electron chi connectivity index (χ1n) is 21.2. The summed E-state index contributed by atoms with van der Waals surface area (Å²) in [6.45, 7) is 9.34. The van der Waals surface area contributed by atoms with Crippen LogP contribution in [0, 0.1) is 22.7 Å². The van der Waals surface area contributed by atoms with E-state index in [9.17, 15) is 29.2 Å². The number of likely N-dealkylation sites (tertiary alicyclic amines) is 1. The Morgan fingerprint density at radius 3 is 2.08 bits per heavy atom. The second-order valence-corrected chi connectivity index (χ2v) is 18.0. The Labute approximate surface area is 350 Å². The number of carbonyl (C=O) groups is 5. The number of nitriles is 1. The van der Waals surface area contributed by atoms with Gasteiger partial charge in [-0.05, 0) is 135 Å². The first kappa shape index (κ1) is 39.2. The molecule has 1 N–H and O–H groups in total. The van der Waals surface area contributed by atoms with E-state index in [4.69, 9.17) is 11.6 Å². The number of rotatable bonds is 6. The van der Waals surface area contributed by atoms with Crippen LogP contribution in [0.1, 0.15) is 99.6 Å². The van der Waals surface area contributed by atoms with Crippen LogP contribution in [0.4, 0.5) is 11.4 Å². The van der Waals surface area contributed by atoms with Crippen molar-refractivity contribution >= 4 is 52.5 Å². The molecule has 1 spiro atoms. The van der Waals surface area contributed by atoms with Gasteiger partial charge in [-0.3, -0.25) is 34.2 Å². The Hall–Kier alpha value is -5.25. The van der Waals surface area contributed by atoms with Crippen LogP contribution in [0.25, 0.3) is 0 Å². The van der Waals surface area contributed by atoms with Crippen molar-refractivity contribution in [1.82, 2.24) is 20.0 Å². The summed E-state index contributed by atoms with van der Waals surface area (Å²) in [4.78, 5) is 74.9. The molecule has 6 aliphatic rings. The number of anilines is 2. The monoisotopic (exact) mass is 815 g/mol. The molecule has 12 nitrogen and oxygen atoms in total. The van der Waals surface area contributed by atoms with Crippen LogP contribution in [-0.4, -0.2) is 109 Å². The molecule has 5 amide bonds. The molecular weight excluding hydrogens is 766 g/mol. The molecule has 306 valence electrons. The fourth-order valence-electron chi connectivity index (χ4n) is 10.6. The van der Waals surface area contributed by atoms with Crippen LogP contribution >= 0.6 is 11.6 Å². The topological polar surface area (TPSA) is 137 Å². The highest BCUT2D eigenvalue weighted by atomic mass is 35.5. The largest absolute Gasteiger partial charge is 0.371 e. The number of amides is 5. The number of piperidine rings is 3. The first-order chi connectivity index (χ1) is 28.5. The van der Waals surface area contributed by atoms with E-state index < -0.39 is 23.8 Å². The van der Waals surface area contributed by atoms with Crippen molar-refractivity contribution in [3.05, 3.63) is 93.0 Å². The van der Waals surface area contributed by atoms with Gasteiger partial charge < -0.3 is 19.6 Å². The summed E-state index contributed by atoms with van der Waals surface area (Å²) in [5.74, 6) is -1.33. The number of carbonyl (C=O) groups excluding carboxylic acids is 5. The number of fused-ring (bicyclic) bond motifs is 2. The predicted molar refractivity (Wildman–Crippen MR) is 224 cm³/mol. The van der Waals surface area contributed by atoms with E-state index in [0.29, 0.717) is 33.7 Å². The summed E-state index contributed by atoms with van der Waals surface area (Å²) in [6, 6.07) is 19.2. The SMILES string of the molecule is C[C@H]1CC2(CCN(c3ccc(C(=O)N4CCC(CN5CCc6cc7c(cc6CC5)C(=O)N(C5CCC(=O)NC5=O)C7=O)CC4)cc3)CC2)CN1c1ccc(C#N)c(Cl)c1. The Kier molecular flexibility index (Phi) is 10.5. The minimum absolute atomic E-state index is 0.0917. The molecule has 0 aliphatic carbocycles. The van der Waals surface area contributed by atoms with Crippen molar-refractivity contribution in [2.45, 2.75) is 76.8 Å². The molecule has 4 fully saturated rings. The van der Waals surface area contributed by atoms with E-state index in [1.807, 2.05) is 47.4 Å². The number of nitrogens with zero attached hydrogens (tertiary/aromatic N) is 6. The lowest BCUT2D eigenvalue weighted by atomic mass is 9.76. The van der Waals surface area contributed by atoms with Gasteiger partial charge in [0.1, 0.15) is 12.1 Å². The van der Waals surface area contributed by atoms with Gasteiger partial charge in [0.15, 0.2) is 0 Å². The number of halogens is 1. The van der Waals surface area contributed by atoms with Gasteiger partial charge in [-0.25, -0.2) is 0 Å². The van der Waals surface area contributed by atoms with Crippen molar-refractivity contribution < 1.29 is 24.0 Å². The third-order valence-corrected chi connectivity index (χ3v) is 14.4. The minimum atomic E-state index is -0.963. The van der Waals surface area contributed by atoms with Gasteiger partial charge in [-0.1, -0.05) is 11.6 Å². The highest BCUT2D eigenvalue weighted by Crippen LogP contribution is 2.46. The van der Waals surface area contributed by atoms with Crippen molar-refractivity contribution in [1.29, 1.82) is 5.26 Å². The normalized spacial score (nSPS) is 23.6. The maximum atomic E-state index is 13.6. The Morgan fingerprint density at radius 2 is 1.47 bits per heavy atom. The number of nitrogens with one attached hydrogen (secondary N) is 1. The Bertz CT molecular complexity index is 2210. The quantitative estimate of drug-likeness (QED) is 0.322. The fraction of sp³-hybridized carbons (Fsp3) is 0.478. The van der Waals surface area contributed by atoms with E-state index in [2.05, 4.69) is 45.1 Å². The van der Waals surface area contributed by atoms with Gasteiger partial charge in [0, 0.05) is 81.8 Å². The fourth-order valence-corrected chi connectivity index (χ4v) is 10.9. The molecule has 3 aromatic carbocycles. The minimum Gasteiger partial charge on any atom is -0.371 e. The lowest BCUT2D eigenvalue weighted by Gasteiger charge is -2.40. The average molecular weight is 816 g/mol. The number of imide groups is 2. The Balaban J connectivity index is 0.739. The molecule has 4 saturated heterocycles. The van der Waals surface area contributed by atoms with Gasteiger partial charge in [0.05, 0.1) is 21.7 Å². The highest BCUT2D eigenvalue weighted by molar-refractivity contribution is 6.32. The third-order valence-electron chi connectivity index (χ3n) is 14.0. The first-order valence-corrected chi connectivity index (χ1v) is 21.6. The van der Waals surface area contributed by atoms with Crippen molar-refractivity contribution in [3.63, 3.8) is 0 Å². The van der Waals surface area contributed by atoms with Gasteiger partial charge in [0.25, 0.3) is 17.7 Å². The number of hydrogen-bond acceptors (Lipinski definition) is 9. The Morgan fingerprint density at radius 1 is 0.831 bits per heavy atom. The van der Waals surface area contributed by atoms with E-state index in [-0.39, 0.29) is 30.1 Å². The summed E-state index contributed by atoms with van der Waals surface area (Å²) in [5.41, 5.74) is 6.56. The van der Waals surface area contributed by atoms with Crippen LogP contribution in [0.2, 0.25) is 5.02 Å². The smallest absolute Gasteiger partial charge is 0.262 e. The molecule has 0 bridgehead atoms. The van der Waals surface area contributed by atoms with Gasteiger partial charge in [-0.2, -0.15) is 5.26 Å². The van der Waals surface area contributed by atoms with Crippen LogP contribution in [0.3, 0.4) is 0 Å². The zero-order valence-electron chi connectivity index (χ0n) is 33.6. The van der Waals surface area contributed by atoms with Crippen LogP contribution < -0.4 is 15.1 Å². The molecule has 13 heteroatoms. The van der Waals surface area contributed by atoms with Gasteiger partial charge >= 0.3 is 0 Å². The molecule has 0 aromatic heterocycles. The van der Waals surface area contributed by atoms with Gasteiger partial charge in [0.2, 0.25) is 11.8 Å². The van der Waals surface area contributed by atoms with Crippen LogP contribution in [0.5, 0.6) is 0 Å². The van der Waals surface area contributed by atoms with E-state index >= 15 is 0 Å². The molecule has 2 atom stereocenters. The highest BCUT2D eigenvalue weighted by Gasteiger charge is 2.46. The number of hydrogen-bond donors (Lipinski definition) is 1. The zero-order valence-corrected chi connectivity index (χ0v) is 34.3.